The molecule has 6 atom stereocenters. The van der Waals surface area contributed by atoms with Crippen molar-refractivity contribution in [3.05, 3.63) is 69.8 Å². The highest BCUT2D eigenvalue weighted by Crippen LogP contribution is 2.56. The smallest absolute Gasteiger partial charge is 0.309 e. The molecule has 5 aliphatic rings. The summed E-state index contributed by atoms with van der Waals surface area (Å²) in [5, 5.41) is 11.7. The van der Waals surface area contributed by atoms with Gasteiger partial charge in [-0.2, -0.15) is 0 Å². The number of methoxy groups -OCH3 is 3. The Hall–Kier alpha value is -4.94. The molecule has 12 heteroatoms. The number of benzene rings is 3. The predicted octanol–water partition coefficient (Wildman–Crippen LogP) is 5.26. The highest BCUT2D eigenvalue weighted by atomic mass is 16.6. The molecule has 0 radical (unpaired) electrons. The normalized spacial score (nSPS) is 26.4. The lowest BCUT2D eigenvalue weighted by Crippen LogP contribution is -2.45. The largest absolute Gasteiger partial charge is 0.507 e. The number of carbonyl (C=O) groups is 4. The average molecular weight is 673 g/mol. The topological polar surface area (TPSA) is 153 Å². The fourth-order valence-corrected chi connectivity index (χ4v) is 7.74. The molecule has 49 heavy (non-hydrogen) atoms. The van der Waals surface area contributed by atoms with E-state index < -0.39 is 36.2 Å². The molecule has 12 nitrogen and oxygen atoms in total. The van der Waals surface area contributed by atoms with Crippen molar-refractivity contribution in [1.29, 1.82) is 0 Å². The first-order valence-electron chi connectivity index (χ1n) is 16.3. The molecule has 2 fully saturated rings. The van der Waals surface area contributed by atoms with E-state index in [9.17, 15) is 24.3 Å². The molecular weight excluding hydrogens is 636 g/mol. The lowest BCUT2D eigenvalue weighted by Gasteiger charge is -2.36. The zero-order chi connectivity index (χ0) is 34.7. The van der Waals surface area contributed by atoms with Crippen LogP contribution in [0.2, 0.25) is 0 Å². The molecule has 3 aromatic carbocycles. The summed E-state index contributed by atoms with van der Waals surface area (Å²) in [5.74, 6) is 0.328. The van der Waals surface area contributed by atoms with E-state index >= 15 is 0 Å². The predicted molar refractivity (Wildman–Crippen MR) is 172 cm³/mol. The quantitative estimate of drug-likeness (QED) is 0.352. The van der Waals surface area contributed by atoms with Crippen LogP contribution in [0, 0.1) is 0 Å². The maximum Gasteiger partial charge on any atom is 0.309 e. The van der Waals surface area contributed by atoms with Crippen LogP contribution in [0.4, 0.5) is 0 Å². The summed E-state index contributed by atoms with van der Waals surface area (Å²) in [6.07, 6.45) is -1.41. The molecule has 0 amide bonds. The molecule has 4 heterocycles. The molecule has 256 valence electrons. The van der Waals surface area contributed by atoms with Gasteiger partial charge in [-0.05, 0) is 25.0 Å². The third-order valence-electron chi connectivity index (χ3n) is 9.76. The van der Waals surface area contributed by atoms with Gasteiger partial charge in [0.15, 0.2) is 23.8 Å². The Morgan fingerprint density at radius 2 is 1.35 bits per heavy atom. The Kier molecular flexibility index (Phi) is 8.32. The third kappa shape index (κ3) is 4.95. The van der Waals surface area contributed by atoms with Gasteiger partial charge >= 0.3 is 11.9 Å². The molecule has 2 saturated heterocycles. The Morgan fingerprint density at radius 1 is 0.714 bits per heavy atom. The van der Waals surface area contributed by atoms with Crippen molar-refractivity contribution >= 4 is 34.3 Å². The van der Waals surface area contributed by atoms with Crippen molar-refractivity contribution in [1.82, 2.24) is 0 Å². The number of phenols is 1. The number of fused-ring (bicyclic) bond motifs is 7. The first-order chi connectivity index (χ1) is 23.7. The molecule has 1 N–H and O–H groups in total. The van der Waals surface area contributed by atoms with E-state index in [4.69, 9.17) is 33.2 Å². The summed E-state index contributed by atoms with van der Waals surface area (Å²) in [6, 6.07) is 10.1. The minimum atomic E-state index is -0.841. The first-order valence-corrected chi connectivity index (χ1v) is 16.3. The molecule has 0 aromatic heterocycles. The van der Waals surface area contributed by atoms with Crippen LogP contribution >= 0.6 is 0 Å². The number of Topliss-reactive ketones (excluding diaryl/α,β-unsaturated/α-hetero) is 2. The average Bonchev–Trinajstić information content (AvgIpc) is 3.68. The fraction of sp³-hybridized carbons (Fsp3) is 0.405. The van der Waals surface area contributed by atoms with Crippen molar-refractivity contribution in [2.45, 2.75) is 76.2 Å². The number of hydrogen-bond acceptors (Lipinski definition) is 12. The minimum absolute atomic E-state index is 0.000994. The molecule has 0 bridgehead atoms. The van der Waals surface area contributed by atoms with Crippen molar-refractivity contribution in [3.8, 4) is 23.0 Å². The summed E-state index contributed by atoms with van der Waals surface area (Å²) < 4.78 is 40.0. The van der Waals surface area contributed by atoms with E-state index in [1.165, 1.54) is 18.2 Å². The highest BCUT2D eigenvalue weighted by molar-refractivity contribution is 6.29. The van der Waals surface area contributed by atoms with Gasteiger partial charge in [-0.1, -0.05) is 38.1 Å². The van der Waals surface area contributed by atoms with Gasteiger partial charge in [-0.25, -0.2) is 0 Å². The minimum Gasteiger partial charge on any atom is -0.507 e. The number of esters is 2. The Bertz CT molecular complexity index is 1940. The Morgan fingerprint density at radius 3 is 2.00 bits per heavy atom. The molecule has 4 aliphatic heterocycles. The number of phenolic OH excluding ortho intramolecular Hbond substituents is 1. The molecule has 0 saturated carbocycles. The number of aromatic hydroxyl groups is 1. The van der Waals surface area contributed by atoms with Crippen LogP contribution in [0.25, 0.3) is 10.8 Å². The molecule has 8 rings (SSSR count). The number of rotatable bonds is 5. The molecule has 0 unspecified atom stereocenters. The zero-order valence-corrected chi connectivity index (χ0v) is 27.7. The van der Waals surface area contributed by atoms with Gasteiger partial charge in [0.1, 0.15) is 35.2 Å². The second kappa shape index (κ2) is 12.5. The fourth-order valence-electron chi connectivity index (χ4n) is 7.74. The highest BCUT2D eigenvalue weighted by Gasteiger charge is 2.52. The number of ketones is 2. The summed E-state index contributed by atoms with van der Waals surface area (Å²) in [5.41, 5.74) is 2.29. The number of hydrogen-bond donors (Lipinski definition) is 1. The Balaban J connectivity index is 0.000000155. The van der Waals surface area contributed by atoms with Crippen LogP contribution in [-0.2, 0) is 28.5 Å². The van der Waals surface area contributed by atoms with Crippen molar-refractivity contribution in [2.75, 3.05) is 21.3 Å². The second-order valence-electron chi connectivity index (χ2n) is 12.3. The third-order valence-corrected chi connectivity index (χ3v) is 9.76. The second-order valence-corrected chi connectivity index (χ2v) is 12.3. The Labute approximate surface area is 281 Å². The maximum absolute atomic E-state index is 12.9. The van der Waals surface area contributed by atoms with Gasteiger partial charge < -0.3 is 38.3 Å². The summed E-state index contributed by atoms with van der Waals surface area (Å²) in [6.45, 7) is 3.89. The van der Waals surface area contributed by atoms with Gasteiger partial charge in [0, 0.05) is 27.6 Å². The first kappa shape index (κ1) is 32.6. The van der Waals surface area contributed by atoms with Crippen LogP contribution in [-0.4, -0.2) is 74.4 Å². The van der Waals surface area contributed by atoms with E-state index in [2.05, 4.69) is 0 Å². The van der Waals surface area contributed by atoms with E-state index in [0.29, 0.717) is 23.7 Å². The maximum atomic E-state index is 12.9. The van der Waals surface area contributed by atoms with Crippen molar-refractivity contribution < 1.29 is 57.4 Å². The zero-order valence-electron chi connectivity index (χ0n) is 27.7. The van der Waals surface area contributed by atoms with E-state index in [1.807, 2.05) is 32.0 Å². The van der Waals surface area contributed by atoms with Gasteiger partial charge in [0.2, 0.25) is 0 Å². The van der Waals surface area contributed by atoms with Crippen LogP contribution in [0.1, 0.15) is 83.6 Å². The molecule has 0 spiro atoms. The van der Waals surface area contributed by atoms with Gasteiger partial charge in [-0.3, -0.25) is 19.2 Å². The monoisotopic (exact) mass is 672 g/mol. The van der Waals surface area contributed by atoms with Gasteiger partial charge in [-0.15, -0.1) is 0 Å². The van der Waals surface area contributed by atoms with E-state index in [0.717, 1.165) is 28.3 Å². The molecular formula is C37H36O12. The summed E-state index contributed by atoms with van der Waals surface area (Å²) in [4.78, 5) is 49.3. The number of ether oxygens (including phenoxy) is 7. The summed E-state index contributed by atoms with van der Waals surface area (Å²) in [7, 11) is 4.89. The van der Waals surface area contributed by atoms with Crippen LogP contribution < -0.4 is 14.2 Å². The molecule has 3 aromatic rings. The SMILES string of the molecule is CC[C@@H]1O[C@@H]2CC(=O)O[C@@H]2C2=C1C(=O)c1c(O)cccc1C2=O.CC[C@@H]1O[C@@H]2CC(=O)O[C@@H]2c2c1c(OC)c1c(OC)cccc1c2OC. The van der Waals surface area contributed by atoms with Gasteiger partial charge in [0.05, 0.1) is 62.9 Å². The van der Waals surface area contributed by atoms with Gasteiger partial charge in [0.25, 0.3) is 0 Å². The van der Waals surface area contributed by atoms with Crippen LogP contribution in [0.3, 0.4) is 0 Å². The van der Waals surface area contributed by atoms with E-state index in [-0.39, 0.29) is 64.8 Å². The lowest BCUT2D eigenvalue weighted by molar-refractivity contribution is -0.143. The number of carbonyl (C=O) groups excluding carboxylic acids is 4. The van der Waals surface area contributed by atoms with Crippen LogP contribution in [0.15, 0.2) is 47.5 Å². The van der Waals surface area contributed by atoms with Crippen molar-refractivity contribution in [3.63, 3.8) is 0 Å². The molecule has 1 aliphatic carbocycles. The lowest BCUT2D eigenvalue weighted by atomic mass is 9.76. The van der Waals surface area contributed by atoms with E-state index in [1.54, 1.807) is 21.3 Å². The van der Waals surface area contributed by atoms with Crippen molar-refractivity contribution in [2.24, 2.45) is 0 Å². The summed E-state index contributed by atoms with van der Waals surface area (Å²) >= 11 is 0. The van der Waals surface area contributed by atoms with Crippen LogP contribution in [0.5, 0.6) is 23.0 Å². The standard InChI is InChI=1S/C20H22O6.C17H14O6/c1-5-11-16-17(19-13(25-11)9-14(21)26-19)18(23-3)10-7-6-8-12(22-2)15(10)20(16)24-4;1-2-9-13-14(17-10(22-9)6-11(19)23-17)15(20)7-4-3-5-8(18)12(7)16(13)21/h6-8,11,13,19H,5,9H2,1-4H3;3-5,9-10,17-18H,2,6H2,1H3/t11-,13+,19-;9-,10+,17-/m00/s1.